The molecule has 0 aliphatic carbocycles. The van der Waals surface area contributed by atoms with Crippen molar-refractivity contribution in [2.45, 2.75) is 6.42 Å². The Morgan fingerprint density at radius 1 is 1.33 bits per heavy atom. The van der Waals surface area contributed by atoms with Crippen LogP contribution in [0, 0.1) is 0 Å². The van der Waals surface area contributed by atoms with Gasteiger partial charge in [-0.1, -0.05) is 17.7 Å². The Balaban J connectivity index is 2.38. The summed E-state index contributed by atoms with van der Waals surface area (Å²) in [6.45, 7) is 0.936. The first-order chi connectivity index (χ1) is 8.63. The van der Waals surface area contributed by atoms with Crippen molar-refractivity contribution >= 4 is 29.1 Å². The van der Waals surface area contributed by atoms with Gasteiger partial charge in [-0.05, 0) is 24.6 Å². The monoisotopic (exact) mass is 270 g/mol. The van der Waals surface area contributed by atoms with Crippen molar-refractivity contribution in [3.8, 4) is 0 Å². The molecule has 0 saturated carbocycles. The average Bonchev–Trinajstić information content (AvgIpc) is 2.34. The lowest BCUT2D eigenvalue weighted by molar-refractivity contribution is -0.136. The lowest BCUT2D eigenvalue weighted by Crippen LogP contribution is -2.36. The zero-order valence-electron chi connectivity index (χ0n) is 10.0. The highest BCUT2D eigenvalue weighted by molar-refractivity contribution is 6.39. The number of carbonyl (C=O) groups is 2. The lowest BCUT2D eigenvalue weighted by atomic mass is 10.3. The number of hydrogen-bond acceptors (Lipinski definition) is 3. The van der Waals surface area contributed by atoms with Gasteiger partial charge in [-0.25, -0.2) is 0 Å². The Morgan fingerprint density at radius 2 is 2.11 bits per heavy atom. The van der Waals surface area contributed by atoms with Gasteiger partial charge in [-0.2, -0.15) is 0 Å². The summed E-state index contributed by atoms with van der Waals surface area (Å²) in [4.78, 5) is 22.9. The molecule has 1 rings (SSSR count). The molecule has 2 N–H and O–H groups in total. The van der Waals surface area contributed by atoms with Gasteiger partial charge in [-0.15, -0.1) is 0 Å². The van der Waals surface area contributed by atoms with Gasteiger partial charge in [0, 0.05) is 31.0 Å². The minimum atomic E-state index is -0.713. The average molecular weight is 271 g/mol. The van der Waals surface area contributed by atoms with E-state index in [1.807, 2.05) is 0 Å². The van der Waals surface area contributed by atoms with Crippen molar-refractivity contribution in [3.63, 3.8) is 0 Å². The molecule has 0 bridgehead atoms. The molecule has 0 unspecified atom stereocenters. The molecule has 0 fully saturated rings. The molecule has 18 heavy (non-hydrogen) atoms. The highest BCUT2D eigenvalue weighted by atomic mass is 35.5. The number of ether oxygens (including phenoxy) is 1. The summed E-state index contributed by atoms with van der Waals surface area (Å²) in [7, 11) is 1.58. The topological polar surface area (TPSA) is 67.4 Å². The van der Waals surface area contributed by atoms with E-state index in [1.54, 1.807) is 31.4 Å². The molecule has 0 aromatic heterocycles. The molecule has 0 radical (unpaired) electrons. The zero-order valence-corrected chi connectivity index (χ0v) is 10.8. The molecule has 0 heterocycles. The second-order valence-corrected chi connectivity index (χ2v) is 4.00. The predicted molar refractivity (Wildman–Crippen MR) is 69.6 cm³/mol. The Bertz CT molecular complexity index is 424. The van der Waals surface area contributed by atoms with Crippen LogP contribution in [0.15, 0.2) is 24.3 Å². The second kappa shape index (κ2) is 7.68. The van der Waals surface area contributed by atoms with Crippen molar-refractivity contribution < 1.29 is 14.3 Å². The first-order valence-electron chi connectivity index (χ1n) is 5.47. The minimum absolute atomic E-state index is 0.398. The van der Waals surface area contributed by atoms with E-state index in [2.05, 4.69) is 10.6 Å². The van der Waals surface area contributed by atoms with Crippen LogP contribution in [0.4, 0.5) is 5.69 Å². The van der Waals surface area contributed by atoms with Crippen molar-refractivity contribution in [1.82, 2.24) is 5.32 Å². The number of hydrogen-bond donors (Lipinski definition) is 2. The highest BCUT2D eigenvalue weighted by Gasteiger charge is 2.12. The van der Waals surface area contributed by atoms with Crippen LogP contribution >= 0.6 is 11.6 Å². The van der Waals surface area contributed by atoms with Crippen LogP contribution in [0.2, 0.25) is 5.02 Å². The predicted octanol–water partition coefficient (Wildman–Crippen LogP) is 1.43. The van der Waals surface area contributed by atoms with Crippen LogP contribution < -0.4 is 10.6 Å². The van der Waals surface area contributed by atoms with Crippen LogP contribution in [0.1, 0.15) is 6.42 Å². The molecular formula is C12H15ClN2O3. The van der Waals surface area contributed by atoms with Gasteiger partial charge >= 0.3 is 11.8 Å². The van der Waals surface area contributed by atoms with Crippen LogP contribution in [0.25, 0.3) is 0 Å². The molecular weight excluding hydrogens is 256 g/mol. The van der Waals surface area contributed by atoms with Crippen LogP contribution in [-0.2, 0) is 14.3 Å². The summed E-state index contributed by atoms with van der Waals surface area (Å²) in [6.07, 6.45) is 0.659. The quantitative estimate of drug-likeness (QED) is 0.628. The molecule has 0 aliphatic rings. The Labute approximate surface area is 110 Å². The first-order valence-corrected chi connectivity index (χ1v) is 5.85. The number of nitrogens with one attached hydrogen (secondary N) is 2. The van der Waals surface area contributed by atoms with E-state index in [9.17, 15) is 9.59 Å². The van der Waals surface area contributed by atoms with Crippen molar-refractivity contribution in [3.05, 3.63) is 29.3 Å². The highest BCUT2D eigenvalue weighted by Crippen LogP contribution is 2.14. The number of amides is 2. The fraction of sp³-hybridized carbons (Fsp3) is 0.333. The molecule has 5 nitrogen and oxygen atoms in total. The number of methoxy groups -OCH3 is 1. The number of halogens is 1. The van der Waals surface area contributed by atoms with E-state index in [0.29, 0.717) is 30.3 Å². The van der Waals surface area contributed by atoms with Gasteiger partial charge in [0.2, 0.25) is 0 Å². The Hall–Kier alpha value is -1.59. The van der Waals surface area contributed by atoms with Crippen LogP contribution in [-0.4, -0.2) is 32.1 Å². The van der Waals surface area contributed by atoms with Crippen molar-refractivity contribution in [2.75, 3.05) is 25.6 Å². The van der Waals surface area contributed by atoms with E-state index in [0.717, 1.165) is 0 Å². The maximum Gasteiger partial charge on any atom is 0.313 e. The van der Waals surface area contributed by atoms with Crippen molar-refractivity contribution in [1.29, 1.82) is 0 Å². The molecule has 0 atom stereocenters. The second-order valence-electron chi connectivity index (χ2n) is 3.57. The molecule has 0 aliphatic heterocycles. The zero-order chi connectivity index (χ0) is 13.4. The van der Waals surface area contributed by atoms with Crippen molar-refractivity contribution in [2.24, 2.45) is 0 Å². The SMILES string of the molecule is COCCCNC(=O)C(=O)Nc1cccc(Cl)c1. The lowest BCUT2D eigenvalue weighted by Gasteiger charge is -2.06. The van der Waals surface area contributed by atoms with E-state index in [4.69, 9.17) is 16.3 Å². The summed E-state index contributed by atoms with van der Waals surface area (Å²) in [5.74, 6) is -1.39. The number of anilines is 1. The largest absolute Gasteiger partial charge is 0.385 e. The number of benzene rings is 1. The van der Waals surface area contributed by atoms with E-state index < -0.39 is 11.8 Å². The van der Waals surface area contributed by atoms with E-state index in [-0.39, 0.29) is 0 Å². The fourth-order valence-electron chi connectivity index (χ4n) is 1.25. The third-order valence-corrected chi connectivity index (χ3v) is 2.33. The maximum absolute atomic E-state index is 11.5. The molecule has 1 aromatic rings. The van der Waals surface area contributed by atoms with Gasteiger partial charge in [0.15, 0.2) is 0 Å². The number of rotatable bonds is 5. The van der Waals surface area contributed by atoms with Gasteiger partial charge in [-0.3, -0.25) is 9.59 Å². The maximum atomic E-state index is 11.5. The first kappa shape index (κ1) is 14.5. The van der Waals surface area contributed by atoms with Crippen LogP contribution in [0.3, 0.4) is 0 Å². The number of carbonyl (C=O) groups excluding carboxylic acids is 2. The summed E-state index contributed by atoms with van der Waals surface area (Å²) >= 11 is 5.76. The summed E-state index contributed by atoms with van der Waals surface area (Å²) < 4.78 is 4.83. The molecule has 2 amide bonds. The molecule has 98 valence electrons. The third kappa shape index (κ3) is 5.16. The van der Waals surface area contributed by atoms with E-state index in [1.165, 1.54) is 0 Å². The van der Waals surface area contributed by atoms with Gasteiger partial charge in [0.25, 0.3) is 0 Å². The van der Waals surface area contributed by atoms with Gasteiger partial charge < -0.3 is 15.4 Å². The Morgan fingerprint density at radius 3 is 2.78 bits per heavy atom. The molecule has 6 heteroatoms. The van der Waals surface area contributed by atoms with Crippen LogP contribution in [0.5, 0.6) is 0 Å². The smallest absolute Gasteiger partial charge is 0.313 e. The summed E-state index contributed by atoms with van der Waals surface area (Å²) in [5, 5.41) is 5.44. The molecule has 0 saturated heterocycles. The minimum Gasteiger partial charge on any atom is -0.385 e. The third-order valence-electron chi connectivity index (χ3n) is 2.10. The molecule has 1 aromatic carbocycles. The van der Waals surface area contributed by atoms with Gasteiger partial charge in [0.05, 0.1) is 0 Å². The summed E-state index contributed by atoms with van der Waals surface area (Å²) in [6, 6.07) is 6.59. The normalized spacial score (nSPS) is 9.89. The van der Waals surface area contributed by atoms with E-state index >= 15 is 0 Å². The fourth-order valence-corrected chi connectivity index (χ4v) is 1.44. The summed E-state index contributed by atoms with van der Waals surface area (Å²) in [5.41, 5.74) is 0.486. The van der Waals surface area contributed by atoms with Gasteiger partial charge in [0.1, 0.15) is 0 Å². The standard InChI is InChI=1S/C12H15ClN2O3/c1-18-7-3-6-14-11(16)12(17)15-10-5-2-4-9(13)8-10/h2,4-5,8H,3,6-7H2,1H3,(H,14,16)(H,15,17). The molecule has 0 spiro atoms. The Kier molecular flexibility index (Phi) is 6.18.